The van der Waals surface area contributed by atoms with Gasteiger partial charge in [0.05, 0.1) is 6.10 Å². The van der Waals surface area contributed by atoms with Crippen LogP contribution < -0.4 is 0 Å². The van der Waals surface area contributed by atoms with Gasteiger partial charge in [-0.3, -0.25) is 4.98 Å². The van der Waals surface area contributed by atoms with E-state index in [1.807, 2.05) is 12.1 Å². The van der Waals surface area contributed by atoms with Crippen molar-refractivity contribution in [1.29, 1.82) is 0 Å². The van der Waals surface area contributed by atoms with Crippen molar-refractivity contribution in [2.75, 3.05) is 0 Å². The normalized spacial score (nSPS) is 12.4. The number of hydrogen-bond donors (Lipinski definition) is 1. The molecule has 0 bridgehead atoms. The van der Waals surface area contributed by atoms with E-state index in [4.69, 9.17) is 0 Å². The Balaban J connectivity index is 2.53. The lowest BCUT2D eigenvalue weighted by atomic mass is 10.1. The van der Waals surface area contributed by atoms with Crippen LogP contribution in [0.25, 0.3) is 0 Å². The number of aromatic nitrogens is 1. The number of aliphatic hydroxyl groups is 1. The van der Waals surface area contributed by atoms with Crippen molar-refractivity contribution < 1.29 is 5.11 Å². The lowest BCUT2D eigenvalue weighted by Gasteiger charge is -2.07. The molecule has 1 aromatic rings. The summed E-state index contributed by atoms with van der Waals surface area (Å²) < 4.78 is 0. The minimum absolute atomic E-state index is 0.406. The number of pyridine rings is 1. The average molecular weight is 163 g/mol. The predicted octanol–water partition coefficient (Wildman–Crippen LogP) is 2.08. The molecule has 0 fully saturated rings. The number of hydrogen-bond acceptors (Lipinski definition) is 2. The van der Waals surface area contributed by atoms with Crippen LogP contribution in [0.1, 0.15) is 24.5 Å². The van der Waals surface area contributed by atoms with Gasteiger partial charge in [-0.15, -0.1) is 6.58 Å². The summed E-state index contributed by atoms with van der Waals surface area (Å²) in [6.45, 7) is 3.60. The third-order valence-electron chi connectivity index (χ3n) is 1.71. The Bertz CT molecular complexity index is 233. The van der Waals surface area contributed by atoms with Crippen molar-refractivity contribution in [3.05, 3.63) is 42.7 Å². The molecule has 2 heteroatoms. The highest BCUT2D eigenvalue weighted by molar-refractivity contribution is 5.11. The quantitative estimate of drug-likeness (QED) is 0.689. The molecule has 0 spiro atoms. The summed E-state index contributed by atoms with van der Waals surface area (Å²) in [5.74, 6) is 0. The minimum atomic E-state index is -0.406. The van der Waals surface area contributed by atoms with E-state index in [0.717, 1.165) is 18.4 Å². The molecular weight excluding hydrogens is 150 g/mol. The Labute approximate surface area is 72.6 Å². The van der Waals surface area contributed by atoms with E-state index in [2.05, 4.69) is 11.6 Å². The second kappa shape index (κ2) is 4.67. The fourth-order valence-corrected chi connectivity index (χ4v) is 1.02. The molecule has 64 valence electrons. The molecule has 1 heterocycles. The van der Waals surface area contributed by atoms with Crippen LogP contribution in [0, 0.1) is 0 Å². The van der Waals surface area contributed by atoms with Crippen molar-refractivity contribution >= 4 is 0 Å². The monoisotopic (exact) mass is 163 g/mol. The standard InChI is InChI=1S/C10H13NO/c1-2-3-6-10(12)9-5-4-7-11-8-9/h2,4-5,7-8,10,12H,1,3,6H2/t10-/m1/s1. The zero-order valence-electron chi connectivity index (χ0n) is 6.98. The maximum atomic E-state index is 9.56. The zero-order chi connectivity index (χ0) is 8.81. The van der Waals surface area contributed by atoms with Crippen LogP contribution in [-0.2, 0) is 0 Å². The van der Waals surface area contributed by atoms with Gasteiger partial charge in [0.1, 0.15) is 0 Å². The molecule has 0 aliphatic carbocycles. The molecule has 0 saturated carbocycles. The molecule has 0 aliphatic heterocycles. The SMILES string of the molecule is C=CCC[C@@H](O)c1cccnc1. The van der Waals surface area contributed by atoms with E-state index < -0.39 is 6.10 Å². The van der Waals surface area contributed by atoms with Gasteiger partial charge < -0.3 is 5.11 Å². The predicted molar refractivity (Wildman–Crippen MR) is 48.6 cm³/mol. The maximum absolute atomic E-state index is 9.56. The van der Waals surface area contributed by atoms with E-state index >= 15 is 0 Å². The first-order valence-corrected chi connectivity index (χ1v) is 4.03. The highest BCUT2D eigenvalue weighted by atomic mass is 16.3. The van der Waals surface area contributed by atoms with Crippen molar-refractivity contribution in [2.24, 2.45) is 0 Å². The van der Waals surface area contributed by atoms with Gasteiger partial charge in [0.15, 0.2) is 0 Å². The third kappa shape index (κ3) is 2.47. The lowest BCUT2D eigenvalue weighted by molar-refractivity contribution is 0.168. The summed E-state index contributed by atoms with van der Waals surface area (Å²) in [6.07, 6.45) is 6.33. The first-order valence-electron chi connectivity index (χ1n) is 4.03. The second-order valence-electron chi connectivity index (χ2n) is 2.67. The molecule has 1 rings (SSSR count). The van der Waals surface area contributed by atoms with Crippen LogP contribution in [-0.4, -0.2) is 10.1 Å². The topological polar surface area (TPSA) is 33.1 Å². The highest BCUT2D eigenvalue weighted by Gasteiger charge is 2.04. The second-order valence-corrected chi connectivity index (χ2v) is 2.67. The molecule has 0 aliphatic rings. The summed E-state index contributed by atoms with van der Waals surface area (Å²) in [5.41, 5.74) is 0.874. The molecule has 0 saturated heterocycles. The number of rotatable bonds is 4. The molecule has 0 aromatic carbocycles. The summed E-state index contributed by atoms with van der Waals surface area (Å²) in [6, 6.07) is 3.70. The Morgan fingerprint density at radius 3 is 3.08 bits per heavy atom. The summed E-state index contributed by atoms with van der Waals surface area (Å²) in [4.78, 5) is 3.93. The van der Waals surface area contributed by atoms with E-state index in [-0.39, 0.29) is 0 Å². The molecule has 2 nitrogen and oxygen atoms in total. The van der Waals surface area contributed by atoms with Crippen molar-refractivity contribution in [2.45, 2.75) is 18.9 Å². The number of aliphatic hydroxyl groups excluding tert-OH is 1. The summed E-state index contributed by atoms with van der Waals surface area (Å²) >= 11 is 0. The van der Waals surface area contributed by atoms with Crippen LogP contribution in [0.5, 0.6) is 0 Å². The van der Waals surface area contributed by atoms with E-state index in [1.54, 1.807) is 18.5 Å². The molecule has 1 atom stereocenters. The molecule has 1 N–H and O–H groups in total. The Hall–Kier alpha value is -1.15. The Morgan fingerprint density at radius 2 is 2.50 bits per heavy atom. The minimum Gasteiger partial charge on any atom is -0.388 e. The van der Waals surface area contributed by atoms with E-state index in [1.165, 1.54) is 0 Å². The van der Waals surface area contributed by atoms with Crippen LogP contribution >= 0.6 is 0 Å². The number of nitrogens with zero attached hydrogens (tertiary/aromatic N) is 1. The maximum Gasteiger partial charge on any atom is 0.0807 e. The molecule has 12 heavy (non-hydrogen) atoms. The number of allylic oxidation sites excluding steroid dienone is 1. The lowest BCUT2D eigenvalue weighted by Crippen LogP contribution is -1.96. The third-order valence-corrected chi connectivity index (χ3v) is 1.71. The first kappa shape index (κ1) is 8.94. The molecule has 0 amide bonds. The van der Waals surface area contributed by atoms with Crippen molar-refractivity contribution in [3.63, 3.8) is 0 Å². The van der Waals surface area contributed by atoms with Gasteiger partial charge in [-0.05, 0) is 24.5 Å². The van der Waals surface area contributed by atoms with Gasteiger partial charge in [0, 0.05) is 12.4 Å². The Morgan fingerprint density at radius 1 is 1.67 bits per heavy atom. The fourth-order valence-electron chi connectivity index (χ4n) is 1.02. The van der Waals surface area contributed by atoms with Crippen molar-refractivity contribution in [1.82, 2.24) is 4.98 Å². The van der Waals surface area contributed by atoms with E-state index in [0.29, 0.717) is 0 Å². The zero-order valence-corrected chi connectivity index (χ0v) is 6.98. The van der Waals surface area contributed by atoms with Crippen LogP contribution in [0.4, 0.5) is 0 Å². The molecular formula is C10H13NO. The smallest absolute Gasteiger partial charge is 0.0807 e. The molecule has 1 aromatic heterocycles. The van der Waals surface area contributed by atoms with Crippen molar-refractivity contribution in [3.8, 4) is 0 Å². The average Bonchev–Trinajstić information content (AvgIpc) is 2.15. The summed E-state index contributed by atoms with van der Waals surface area (Å²) in [7, 11) is 0. The molecule has 0 radical (unpaired) electrons. The van der Waals surface area contributed by atoms with Gasteiger partial charge in [0.2, 0.25) is 0 Å². The largest absolute Gasteiger partial charge is 0.388 e. The van der Waals surface area contributed by atoms with Crippen LogP contribution in [0.15, 0.2) is 37.2 Å². The van der Waals surface area contributed by atoms with Gasteiger partial charge >= 0.3 is 0 Å². The van der Waals surface area contributed by atoms with Gasteiger partial charge in [0.25, 0.3) is 0 Å². The fraction of sp³-hybridized carbons (Fsp3) is 0.300. The Kier molecular flexibility index (Phi) is 3.48. The molecule has 0 unspecified atom stereocenters. The van der Waals surface area contributed by atoms with E-state index in [9.17, 15) is 5.11 Å². The van der Waals surface area contributed by atoms with Gasteiger partial charge in [-0.2, -0.15) is 0 Å². The highest BCUT2D eigenvalue weighted by Crippen LogP contribution is 2.16. The van der Waals surface area contributed by atoms with Crippen LogP contribution in [0.2, 0.25) is 0 Å². The summed E-state index contributed by atoms with van der Waals surface area (Å²) in [5, 5.41) is 9.56. The first-order chi connectivity index (χ1) is 5.84. The van der Waals surface area contributed by atoms with Crippen LogP contribution in [0.3, 0.4) is 0 Å². The van der Waals surface area contributed by atoms with Gasteiger partial charge in [-0.25, -0.2) is 0 Å². The van der Waals surface area contributed by atoms with Gasteiger partial charge in [-0.1, -0.05) is 12.1 Å².